The molecule has 1 amide bonds. The number of aromatic nitrogens is 2. The molecule has 0 aliphatic heterocycles. The van der Waals surface area contributed by atoms with Crippen molar-refractivity contribution in [2.24, 2.45) is 0 Å². The molecule has 0 aliphatic carbocycles. The molecule has 0 fully saturated rings. The number of rotatable bonds is 9. The first-order valence-corrected chi connectivity index (χ1v) is 9.14. The summed E-state index contributed by atoms with van der Waals surface area (Å²) in [6.45, 7) is 0.816. The molecule has 0 radical (unpaired) electrons. The van der Waals surface area contributed by atoms with Crippen LogP contribution in [0.25, 0.3) is 11.3 Å². The number of benzene rings is 2. The van der Waals surface area contributed by atoms with Gasteiger partial charge in [-0.1, -0.05) is 60.7 Å². The first-order chi connectivity index (χ1) is 13.3. The van der Waals surface area contributed by atoms with E-state index >= 15 is 0 Å². The van der Waals surface area contributed by atoms with Crippen LogP contribution in [-0.2, 0) is 11.2 Å². The van der Waals surface area contributed by atoms with Gasteiger partial charge in [-0.05, 0) is 24.5 Å². The molecule has 0 saturated heterocycles. The quantitative estimate of drug-likeness (QED) is 0.591. The first kappa shape index (κ1) is 18.6. The highest BCUT2D eigenvalue weighted by atomic mass is 16.5. The van der Waals surface area contributed by atoms with Crippen LogP contribution in [0.2, 0.25) is 0 Å². The van der Waals surface area contributed by atoms with E-state index < -0.39 is 0 Å². The van der Waals surface area contributed by atoms with Crippen molar-refractivity contribution in [1.82, 2.24) is 15.5 Å². The van der Waals surface area contributed by atoms with E-state index in [0.717, 1.165) is 24.1 Å². The van der Waals surface area contributed by atoms with Crippen molar-refractivity contribution < 1.29 is 9.53 Å². The summed E-state index contributed by atoms with van der Waals surface area (Å²) in [6.07, 6.45) is 2.26. The Balaban J connectivity index is 1.32. The Morgan fingerprint density at radius 3 is 2.33 bits per heavy atom. The molecule has 27 heavy (non-hydrogen) atoms. The normalized spacial score (nSPS) is 10.4. The second-order valence-electron chi connectivity index (χ2n) is 6.16. The van der Waals surface area contributed by atoms with Gasteiger partial charge >= 0.3 is 0 Å². The number of nitrogens with one attached hydrogen (secondary N) is 1. The highest BCUT2D eigenvalue weighted by molar-refractivity contribution is 5.75. The maximum absolute atomic E-state index is 11.9. The minimum Gasteiger partial charge on any atom is -0.475 e. The third-order valence-corrected chi connectivity index (χ3v) is 4.10. The van der Waals surface area contributed by atoms with Crippen molar-refractivity contribution in [3.8, 4) is 17.1 Å². The number of aryl methyl sites for hydroxylation is 1. The van der Waals surface area contributed by atoms with Gasteiger partial charge < -0.3 is 10.1 Å². The zero-order valence-corrected chi connectivity index (χ0v) is 15.2. The molecule has 0 bridgehead atoms. The summed E-state index contributed by atoms with van der Waals surface area (Å²) in [4.78, 5) is 11.9. The summed E-state index contributed by atoms with van der Waals surface area (Å²) in [5.41, 5.74) is 3.07. The van der Waals surface area contributed by atoms with Crippen LogP contribution in [0, 0.1) is 0 Å². The Morgan fingerprint density at radius 2 is 1.63 bits per heavy atom. The fraction of sp³-hybridized carbons (Fsp3) is 0.227. The van der Waals surface area contributed by atoms with Crippen LogP contribution in [-0.4, -0.2) is 29.3 Å². The maximum Gasteiger partial charge on any atom is 0.233 e. The van der Waals surface area contributed by atoms with Crippen LogP contribution in [0.1, 0.15) is 18.4 Å². The second-order valence-corrected chi connectivity index (χ2v) is 6.16. The van der Waals surface area contributed by atoms with Gasteiger partial charge in [0.25, 0.3) is 0 Å². The topological polar surface area (TPSA) is 64.1 Å². The number of ether oxygens (including phenoxy) is 1. The number of hydrogen-bond donors (Lipinski definition) is 1. The molecule has 3 rings (SSSR count). The van der Waals surface area contributed by atoms with E-state index in [-0.39, 0.29) is 5.91 Å². The van der Waals surface area contributed by atoms with E-state index in [1.807, 2.05) is 54.6 Å². The Labute approximate surface area is 159 Å². The van der Waals surface area contributed by atoms with E-state index in [1.54, 1.807) is 6.07 Å². The molecule has 0 atom stereocenters. The molecule has 1 aromatic heterocycles. The highest BCUT2D eigenvalue weighted by Gasteiger charge is 2.03. The van der Waals surface area contributed by atoms with E-state index in [2.05, 4.69) is 27.6 Å². The van der Waals surface area contributed by atoms with Crippen molar-refractivity contribution in [3.05, 3.63) is 78.4 Å². The van der Waals surface area contributed by atoms with Crippen molar-refractivity contribution >= 4 is 5.91 Å². The highest BCUT2D eigenvalue weighted by Crippen LogP contribution is 2.16. The molecular formula is C22H23N3O2. The van der Waals surface area contributed by atoms with E-state index in [1.165, 1.54) is 5.56 Å². The lowest BCUT2D eigenvalue weighted by Gasteiger charge is -2.07. The van der Waals surface area contributed by atoms with Gasteiger partial charge in [-0.25, -0.2) is 0 Å². The summed E-state index contributed by atoms with van der Waals surface area (Å²) >= 11 is 0. The van der Waals surface area contributed by atoms with E-state index in [9.17, 15) is 4.79 Å². The monoisotopic (exact) mass is 361 g/mol. The average molecular weight is 361 g/mol. The fourth-order valence-electron chi connectivity index (χ4n) is 2.69. The molecule has 0 spiro atoms. The summed E-state index contributed by atoms with van der Waals surface area (Å²) in [6, 6.07) is 23.7. The minimum atomic E-state index is 0.0417. The molecule has 1 N–H and O–H groups in total. The molecule has 2 aromatic carbocycles. The van der Waals surface area contributed by atoms with Crippen molar-refractivity contribution in [2.75, 3.05) is 13.2 Å². The van der Waals surface area contributed by atoms with Crippen LogP contribution in [0.4, 0.5) is 0 Å². The number of amides is 1. The van der Waals surface area contributed by atoms with E-state index in [0.29, 0.717) is 25.5 Å². The molecule has 0 unspecified atom stereocenters. The molecular weight excluding hydrogens is 338 g/mol. The predicted molar refractivity (Wildman–Crippen MR) is 105 cm³/mol. The van der Waals surface area contributed by atoms with Gasteiger partial charge in [0.2, 0.25) is 11.8 Å². The predicted octanol–water partition coefficient (Wildman–Crippen LogP) is 3.66. The summed E-state index contributed by atoms with van der Waals surface area (Å²) in [5, 5.41) is 11.1. The van der Waals surface area contributed by atoms with E-state index in [4.69, 9.17) is 4.74 Å². The van der Waals surface area contributed by atoms with Gasteiger partial charge in [-0.15, -0.1) is 10.2 Å². The van der Waals surface area contributed by atoms with Gasteiger partial charge in [0.15, 0.2) is 0 Å². The van der Waals surface area contributed by atoms with Gasteiger partial charge in [0.1, 0.15) is 6.61 Å². The Kier molecular flexibility index (Phi) is 6.92. The molecule has 1 heterocycles. The Bertz CT molecular complexity index is 821. The number of carbonyl (C=O) groups excluding carboxylic acids is 1. The van der Waals surface area contributed by atoms with Crippen LogP contribution < -0.4 is 10.1 Å². The van der Waals surface area contributed by atoms with Gasteiger partial charge in [-0.2, -0.15) is 0 Å². The Morgan fingerprint density at radius 1 is 0.889 bits per heavy atom. The lowest BCUT2D eigenvalue weighted by atomic mass is 10.1. The van der Waals surface area contributed by atoms with Crippen LogP contribution in [0.3, 0.4) is 0 Å². The molecule has 0 aliphatic rings. The molecule has 5 heteroatoms. The van der Waals surface area contributed by atoms with Crippen LogP contribution >= 0.6 is 0 Å². The summed E-state index contributed by atoms with van der Waals surface area (Å²) in [7, 11) is 0. The lowest BCUT2D eigenvalue weighted by Crippen LogP contribution is -2.28. The lowest BCUT2D eigenvalue weighted by molar-refractivity contribution is -0.121. The van der Waals surface area contributed by atoms with Crippen molar-refractivity contribution in [3.63, 3.8) is 0 Å². The number of carbonyl (C=O) groups is 1. The minimum absolute atomic E-state index is 0.0417. The Hall–Kier alpha value is -3.21. The third-order valence-electron chi connectivity index (χ3n) is 4.10. The largest absolute Gasteiger partial charge is 0.475 e. The molecule has 138 valence electrons. The van der Waals surface area contributed by atoms with Crippen molar-refractivity contribution in [2.45, 2.75) is 19.3 Å². The number of nitrogens with zero attached hydrogens (tertiary/aromatic N) is 2. The zero-order chi connectivity index (χ0) is 18.7. The van der Waals surface area contributed by atoms with Crippen LogP contribution in [0.5, 0.6) is 5.88 Å². The molecule has 3 aromatic rings. The smallest absolute Gasteiger partial charge is 0.233 e. The summed E-state index contributed by atoms with van der Waals surface area (Å²) in [5.74, 6) is 0.494. The van der Waals surface area contributed by atoms with Crippen molar-refractivity contribution in [1.29, 1.82) is 0 Å². The maximum atomic E-state index is 11.9. The van der Waals surface area contributed by atoms with Crippen LogP contribution in [0.15, 0.2) is 72.8 Å². The number of hydrogen-bond acceptors (Lipinski definition) is 4. The van der Waals surface area contributed by atoms with Gasteiger partial charge in [0, 0.05) is 18.1 Å². The zero-order valence-electron chi connectivity index (χ0n) is 15.2. The van der Waals surface area contributed by atoms with Gasteiger partial charge in [0.05, 0.1) is 12.2 Å². The molecule has 0 saturated carbocycles. The SMILES string of the molecule is O=C(CCCc1ccccc1)NCCOc1ccc(-c2ccccc2)nn1. The third kappa shape index (κ3) is 6.22. The average Bonchev–Trinajstić information content (AvgIpc) is 2.73. The molecule has 5 nitrogen and oxygen atoms in total. The fourth-order valence-corrected chi connectivity index (χ4v) is 2.69. The summed E-state index contributed by atoms with van der Waals surface area (Å²) < 4.78 is 5.53. The van der Waals surface area contributed by atoms with Gasteiger partial charge in [-0.3, -0.25) is 4.79 Å². The standard InChI is InChI=1S/C22H23N3O2/c26-21(13-7-10-18-8-3-1-4-9-18)23-16-17-27-22-15-14-20(24-25-22)19-11-5-2-6-12-19/h1-6,8-9,11-12,14-15H,7,10,13,16-17H2,(H,23,26). The second kappa shape index (κ2) is 10.1. The first-order valence-electron chi connectivity index (χ1n) is 9.14.